The lowest BCUT2D eigenvalue weighted by Gasteiger charge is -2.39. The average molecular weight is 345 g/mol. The summed E-state index contributed by atoms with van der Waals surface area (Å²) in [6.45, 7) is 4.61. The molecule has 4 saturated carbocycles. The van der Waals surface area contributed by atoms with E-state index < -0.39 is 8.32 Å². The van der Waals surface area contributed by atoms with Crippen molar-refractivity contribution in [2.24, 2.45) is 41.4 Å². The van der Waals surface area contributed by atoms with Gasteiger partial charge < -0.3 is 4.43 Å². The van der Waals surface area contributed by atoms with Crippen molar-refractivity contribution in [1.29, 1.82) is 0 Å². The summed E-state index contributed by atoms with van der Waals surface area (Å²) in [4.78, 5) is 13.1. The van der Waals surface area contributed by atoms with Crippen LogP contribution in [0.2, 0.25) is 18.6 Å². The quantitative estimate of drug-likeness (QED) is 0.401. The molecular weight excluding hydrogens is 312 g/mol. The van der Waals surface area contributed by atoms with Gasteiger partial charge >= 0.3 is 0 Å². The van der Waals surface area contributed by atoms with Crippen LogP contribution in [-0.4, -0.2) is 14.3 Å². The first kappa shape index (κ1) is 15.7. The zero-order chi connectivity index (χ0) is 16.5. The molecule has 132 valence electrons. The maximum atomic E-state index is 13.1. The molecule has 24 heavy (non-hydrogen) atoms. The van der Waals surface area contributed by atoms with Gasteiger partial charge in [0.05, 0.1) is 5.92 Å². The molecule has 0 N–H and O–H groups in total. The number of rotatable bonds is 3. The molecule has 7 atom stereocenters. The molecular formula is C21H32O2Si. The van der Waals surface area contributed by atoms with Crippen molar-refractivity contribution in [3.8, 4) is 0 Å². The summed E-state index contributed by atoms with van der Waals surface area (Å²) < 4.78 is 6.32. The molecule has 0 aromatic carbocycles. The third-order valence-corrected chi connectivity index (χ3v) is 11.8. The van der Waals surface area contributed by atoms with E-state index in [-0.39, 0.29) is 11.9 Å². The lowest BCUT2D eigenvalue weighted by Crippen LogP contribution is -2.44. The Morgan fingerprint density at radius 1 is 0.958 bits per heavy atom. The number of hydrogen-bond donors (Lipinski definition) is 0. The molecule has 3 heteroatoms. The summed E-state index contributed by atoms with van der Waals surface area (Å²) in [7, 11) is -1.87. The van der Waals surface area contributed by atoms with E-state index in [0.29, 0.717) is 11.5 Å². The van der Waals surface area contributed by atoms with Crippen LogP contribution in [0.3, 0.4) is 0 Å². The van der Waals surface area contributed by atoms with Crippen molar-refractivity contribution >= 4 is 14.3 Å². The zero-order valence-electron chi connectivity index (χ0n) is 15.2. The molecule has 0 aromatic heterocycles. The zero-order valence-corrected chi connectivity index (χ0v) is 16.2. The highest BCUT2D eigenvalue weighted by Gasteiger charge is 2.62. The molecule has 0 radical (unpaired) electrons. The molecule has 0 heterocycles. The van der Waals surface area contributed by atoms with E-state index in [9.17, 15) is 4.79 Å². The van der Waals surface area contributed by atoms with Gasteiger partial charge in [0.25, 0.3) is 14.3 Å². The van der Waals surface area contributed by atoms with Crippen LogP contribution in [0.5, 0.6) is 0 Å². The number of carbonyl (C=O) groups is 1. The van der Waals surface area contributed by atoms with E-state index in [1.54, 1.807) is 0 Å². The Hall–Kier alpha value is -0.573. The Morgan fingerprint density at radius 3 is 2.42 bits per heavy atom. The highest BCUT2D eigenvalue weighted by Crippen LogP contribution is 2.67. The van der Waals surface area contributed by atoms with Gasteiger partial charge in [-0.05, 0) is 86.2 Å². The summed E-state index contributed by atoms with van der Waals surface area (Å²) >= 11 is 0. The van der Waals surface area contributed by atoms with Gasteiger partial charge in [-0.3, -0.25) is 4.79 Å². The molecule has 4 fully saturated rings. The largest absolute Gasteiger partial charge is 0.519 e. The van der Waals surface area contributed by atoms with Crippen LogP contribution in [-0.2, 0) is 9.22 Å². The van der Waals surface area contributed by atoms with E-state index in [4.69, 9.17) is 4.43 Å². The topological polar surface area (TPSA) is 26.3 Å². The highest BCUT2D eigenvalue weighted by molar-refractivity contribution is 6.74. The van der Waals surface area contributed by atoms with E-state index >= 15 is 0 Å². The van der Waals surface area contributed by atoms with E-state index in [1.165, 1.54) is 44.9 Å². The Labute approximate surface area is 147 Å². The van der Waals surface area contributed by atoms with E-state index in [1.807, 2.05) is 0 Å². The molecule has 0 saturated heterocycles. The van der Waals surface area contributed by atoms with Crippen LogP contribution in [0.15, 0.2) is 12.2 Å². The Morgan fingerprint density at radius 2 is 1.67 bits per heavy atom. The van der Waals surface area contributed by atoms with Crippen molar-refractivity contribution < 1.29 is 9.22 Å². The lowest BCUT2D eigenvalue weighted by molar-refractivity contribution is -0.143. The highest BCUT2D eigenvalue weighted by atomic mass is 28.4. The van der Waals surface area contributed by atoms with Gasteiger partial charge in [0.1, 0.15) is 0 Å². The van der Waals surface area contributed by atoms with Crippen molar-refractivity contribution in [2.45, 2.75) is 70.0 Å². The van der Waals surface area contributed by atoms with Gasteiger partial charge in [-0.1, -0.05) is 31.4 Å². The number of allylic oxidation sites excluding steroid dienone is 2. The van der Waals surface area contributed by atoms with Crippen molar-refractivity contribution in [2.75, 3.05) is 0 Å². The fourth-order valence-electron chi connectivity index (χ4n) is 7.50. The lowest BCUT2D eigenvalue weighted by atomic mass is 9.69. The maximum Gasteiger partial charge on any atom is 0.295 e. The van der Waals surface area contributed by atoms with Gasteiger partial charge in [0.2, 0.25) is 0 Å². The van der Waals surface area contributed by atoms with E-state index in [0.717, 1.165) is 36.0 Å². The summed E-state index contributed by atoms with van der Waals surface area (Å²) in [5.74, 6) is 5.26. The second kappa shape index (κ2) is 5.46. The molecule has 5 aliphatic carbocycles. The van der Waals surface area contributed by atoms with Crippen LogP contribution in [0, 0.1) is 41.4 Å². The second-order valence-corrected chi connectivity index (χ2v) is 14.2. The normalized spacial score (nSPS) is 46.5. The number of carbonyl (C=O) groups excluding carboxylic acids is 1. The first-order valence-electron chi connectivity index (χ1n) is 10.5. The fraction of sp³-hybridized carbons (Fsp3) is 0.857. The molecule has 5 aliphatic rings. The third kappa shape index (κ3) is 2.22. The maximum absolute atomic E-state index is 13.1. The molecule has 5 rings (SSSR count). The predicted octanol–water partition coefficient (Wildman–Crippen LogP) is 5.16. The minimum absolute atomic E-state index is 0.204. The summed E-state index contributed by atoms with van der Waals surface area (Å²) in [5.41, 5.74) is 0.701. The van der Waals surface area contributed by atoms with Crippen LogP contribution in [0.4, 0.5) is 0 Å². The average Bonchev–Trinajstić information content (AvgIpc) is 3.33. The second-order valence-electron chi connectivity index (χ2n) is 9.96. The van der Waals surface area contributed by atoms with Crippen LogP contribution in [0.25, 0.3) is 0 Å². The number of hydrogen-bond acceptors (Lipinski definition) is 2. The van der Waals surface area contributed by atoms with Crippen LogP contribution in [0.1, 0.15) is 51.4 Å². The van der Waals surface area contributed by atoms with Gasteiger partial charge in [0, 0.05) is 0 Å². The first-order valence-corrected chi connectivity index (χ1v) is 13.4. The smallest absolute Gasteiger partial charge is 0.295 e. The third-order valence-electron chi connectivity index (χ3n) is 8.52. The summed E-state index contributed by atoms with van der Waals surface area (Å²) in [5, 5.41) is 0. The van der Waals surface area contributed by atoms with Gasteiger partial charge in [-0.25, -0.2) is 0 Å². The first-order chi connectivity index (χ1) is 11.5. The SMILES string of the molecule is C[Si](C)(OC(=O)C1CC2CC1C1C3C=CC(C3)C21)C1CCCCC1. The van der Waals surface area contributed by atoms with E-state index in [2.05, 4.69) is 25.2 Å². The number of fused-ring (bicyclic) bond motifs is 9. The van der Waals surface area contributed by atoms with Crippen LogP contribution >= 0.6 is 0 Å². The molecule has 0 aromatic rings. The molecule has 2 nitrogen and oxygen atoms in total. The molecule has 4 bridgehead atoms. The standard InChI is InChI=1S/C21H32O2Si/c1-24(2,16-6-4-3-5-7-16)23-21(22)18-12-15-11-17(18)20-14-9-8-13(10-14)19(15)20/h8-9,13-20H,3-7,10-12H2,1-2H3. The molecule has 0 aliphatic heterocycles. The van der Waals surface area contributed by atoms with Gasteiger partial charge in [-0.2, -0.15) is 0 Å². The van der Waals surface area contributed by atoms with Crippen molar-refractivity contribution in [1.82, 2.24) is 0 Å². The Kier molecular flexibility index (Phi) is 3.56. The predicted molar refractivity (Wildman–Crippen MR) is 97.8 cm³/mol. The Bertz CT molecular complexity index is 562. The summed E-state index contributed by atoms with van der Waals surface area (Å²) in [6, 6.07) is 0. The van der Waals surface area contributed by atoms with Crippen molar-refractivity contribution in [3.63, 3.8) is 0 Å². The minimum Gasteiger partial charge on any atom is -0.519 e. The van der Waals surface area contributed by atoms with Gasteiger partial charge in [-0.15, -0.1) is 0 Å². The monoisotopic (exact) mass is 344 g/mol. The summed E-state index contributed by atoms with van der Waals surface area (Å²) in [6.07, 6.45) is 15.4. The molecule has 7 unspecified atom stereocenters. The minimum atomic E-state index is -1.87. The fourth-order valence-corrected chi connectivity index (χ4v) is 10.1. The molecule has 0 amide bonds. The van der Waals surface area contributed by atoms with Crippen LogP contribution < -0.4 is 0 Å². The van der Waals surface area contributed by atoms with Gasteiger partial charge in [0.15, 0.2) is 0 Å². The molecule has 0 spiro atoms. The Balaban J connectivity index is 1.28. The van der Waals surface area contributed by atoms with Crippen molar-refractivity contribution in [3.05, 3.63) is 12.2 Å².